The fourth-order valence-electron chi connectivity index (χ4n) is 3.24. The summed E-state index contributed by atoms with van der Waals surface area (Å²) in [5.41, 5.74) is -1.20. The first-order chi connectivity index (χ1) is 12.3. The van der Waals surface area contributed by atoms with Crippen molar-refractivity contribution < 1.29 is 27.1 Å². The zero-order valence-corrected chi connectivity index (χ0v) is 14.3. The van der Waals surface area contributed by atoms with Crippen LogP contribution in [0.15, 0.2) is 18.2 Å². The monoisotopic (exact) mass is 374 g/mol. The third-order valence-electron chi connectivity index (χ3n) is 4.78. The summed E-state index contributed by atoms with van der Waals surface area (Å²) >= 11 is 0. The lowest BCUT2D eigenvalue weighted by Gasteiger charge is -2.24. The number of carbonyl (C=O) groups excluding carboxylic acids is 1. The van der Waals surface area contributed by atoms with Crippen LogP contribution in [0.4, 0.5) is 17.6 Å². The number of benzene rings is 1. The molecule has 1 aromatic carbocycles. The van der Waals surface area contributed by atoms with Crippen LogP contribution in [0.5, 0.6) is 0 Å². The molecule has 1 unspecified atom stereocenters. The largest absolute Gasteiger partial charge is 0.416 e. The lowest BCUT2D eigenvalue weighted by molar-refractivity contribution is -0.138. The van der Waals surface area contributed by atoms with E-state index in [4.69, 9.17) is 4.74 Å². The molecule has 4 nitrogen and oxygen atoms in total. The number of nitrogens with one attached hydrogen (secondary N) is 1. The first kappa shape index (κ1) is 19.1. The van der Waals surface area contributed by atoms with Crippen LogP contribution in [0.25, 0.3) is 0 Å². The van der Waals surface area contributed by atoms with Gasteiger partial charge in [0, 0.05) is 25.7 Å². The van der Waals surface area contributed by atoms with Crippen LogP contribution in [0.3, 0.4) is 0 Å². The van der Waals surface area contributed by atoms with E-state index in [1.807, 2.05) is 0 Å². The van der Waals surface area contributed by atoms with Crippen LogP contribution in [0.1, 0.15) is 30.4 Å². The summed E-state index contributed by atoms with van der Waals surface area (Å²) < 4.78 is 57.5. The van der Waals surface area contributed by atoms with Crippen LogP contribution < -0.4 is 5.32 Å². The smallest absolute Gasteiger partial charge is 0.381 e. The standard InChI is InChI=1S/C18H22F4N2O2/c19-14-2-1-13(16(7-14)18(20,21)22)8-23-17(25)10-24(15-3-4-15)9-12-5-6-26-11-12/h1-2,7,12,15H,3-6,8-11H2,(H,23,25). The number of hydrogen-bond donors (Lipinski definition) is 1. The molecule has 1 amide bonds. The molecule has 1 N–H and O–H groups in total. The number of ether oxygens (including phenoxy) is 1. The molecule has 0 bridgehead atoms. The van der Waals surface area contributed by atoms with Crippen molar-refractivity contribution in [3.63, 3.8) is 0 Å². The van der Waals surface area contributed by atoms with E-state index in [0.29, 0.717) is 24.6 Å². The second-order valence-electron chi connectivity index (χ2n) is 6.97. The Morgan fingerprint density at radius 1 is 1.27 bits per heavy atom. The zero-order chi connectivity index (χ0) is 18.7. The maximum atomic E-state index is 13.1. The molecule has 1 heterocycles. The van der Waals surface area contributed by atoms with Gasteiger partial charge in [0.05, 0.1) is 18.7 Å². The third-order valence-corrected chi connectivity index (χ3v) is 4.78. The summed E-state index contributed by atoms with van der Waals surface area (Å²) in [5.74, 6) is -0.878. The highest BCUT2D eigenvalue weighted by atomic mass is 19.4. The highest BCUT2D eigenvalue weighted by Gasteiger charge is 2.35. The minimum atomic E-state index is -4.66. The van der Waals surface area contributed by atoms with Crippen molar-refractivity contribution in [1.29, 1.82) is 0 Å². The molecular formula is C18H22F4N2O2. The molecule has 1 aromatic rings. The van der Waals surface area contributed by atoms with E-state index >= 15 is 0 Å². The Morgan fingerprint density at radius 2 is 2.04 bits per heavy atom. The first-order valence-electron chi connectivity index (χ1n) is 8.77. The highest BCUT2D eigenvalue weighted by molar-refractivity contribution is 5.78. The minimum absolute atomic E-state index is 0.144. The summed E-state index contributed by atoms with van der Waals surface area (Å²) in [5, 5.41) is 2.53. The Balaban J connectivity index is 1.56. The number of amides is 1. The molecule has 1 saturated carbocycles. The molecule has 1 aliphatic heterocycles. The SMILES string of the molecule is O=C(CN(CC1CCOC1)C1CC1)NCc1ccc(F)cc1C(F)(F)F. The predicted octanol–water partition coefficient (Wildman–Crippen LogP) is 2.96. The number of rotatable bonds is 7. The Morgan fingerprint density at radius 3 is 2.65 bits per heavy atom. The van der Waals surface area contributed by atoms with Gasteiger partial charge in [-0.2, -0.15) is 13.2 Å². The van der Waals surface area contributed by atoms with E-state index < -0.39 is 17.6 Å². The van der Waals surface area contributed by atoms with Crippen molar-refractivity contribution in [3.05, 3.63) is 35.1 Å². The second kappa shape index (κ2) is 7.92. The summed E-state index contributed by atoms with van der Waals surface area (Å²) in [7, 11) is 0. The second-order valence-corrected chi connectivity index (χ2v) is 6.97. The Bertz CT molecular complexity index is 641. The molecule has 2 fully saturated rings. The maximum Gasteiger partial charge on any atom is 0.416 e. The van der Waals surface area contributed by atoms with Crippen molar-refractivity contribution in [1.82, 2.24) is 10.2 Å². The summed E-state index contributed by atoms with van der Waals surface area (Å²) in [6.45, 7) is 2.07. The number of carbonyl (C=O) groups is 1. The molecule has 26 heavy (non-hydrogen) atoms. The van der Waals surface area contributed by atoms with Gasteiger partial charge < -0.3 is 10.1 Å². The van der Waals surface area contributed by atoms with Gasteiger partial charge in [-0.25, -0.2) is 4.39 Å². The van der Waals surface area contributed by atoms with E-state index in [1.54, 1.807) is 0 Å². The van der Waals surface area contributed by atoms with Crippen LogP contribution in [-0.2, 0) is 22.3 Å². The van der Waals surface area contributed by atoms with Crippen molar-refractivity contribution >= 4 is 5.91 Å². The summed E-state index contributed by atoms with van der Waals surface area (Å²) in [4.78, 5) is 14.3. The summed E-state index contributed by atoms with van der Waals surface area (Å²) in [6, 6.07) is 2.86. The molecule has 3 rings (SSSR count). The predicted molar refractivity (Wildman–Crippen MR) is 86.8 cm³/mol. The fraction of sp³-hybridized carbons (Fsp3) is 0.611. The molecule has 0 spiro atoms. The lowest BCUT2D eigenvalue weighted by atomic mass is 10.1. The van der Waals surface area contributed by atoms with Crippen LogP contribution >= 0.6 is 0 Å². The Kier molecular flexibility index (Phi) is 5.82. The molecule has 0 radical (unpaired) electrons. The lowest BCUT2D eigenvalue weighted by Crippen LogP contribution is -2.41. The molecule has 1 atom stereocenters. The van der Waals surface area contributed by atoms with Gasteiger partial charge in [-0.05, 0) is 42.9 Å². The molecule has 1 aliphatic carbocycles. The number of alkyl halides is 3. The molecule has 8 heteroatoms. The summed E-state index contributed by atoms with van der Waals surface area (Å²) in [6.07, 6.45) is -1.62. The first-order valence-corrected chi connectivity index (χ1v) is 8.77. The van der Waals surface area contributed by atoms with Gasteiger partial charge in [0.25, 0.3) is 0 Å². The van der Waals surface area contributed by atoms with Gasteiger partial charge in [-0.1, -0.05) is 6.07 Å². The van der Waals surface area contributed by atoms with Gasteiger partial charge in [0.2, 0.25) is 5.91 Å². The number of halogens is 4. The van der Waals surface area contributed by atoms with Crippen LogP contribution in [0, 0.1) is 11.7 Å². The quantitative estimate of drug-likeness (QED) is 0.746. The maximum absolute atomic E-state index is 13.1. The molecule has 0 aromatic heterocycles. The van der Waals surface area contributed by atoms with Crippen molar-refractivity contribution in [2.75, 3.05) is 26.3 Å². The topological polar surface area (TPSA) is 41.6 Å². The average molecular weight is 374 g/mol. The van der Waals surface area contributed by atoms with Crippen LogP contribution in [0.2, 0.25) is 0 Å². The van der Waals surface area contributed by atoms with Gasteiger partial charge in [-0.3, -0.25) is 9.69 Å². The minimum Gasteiger partial charge on any atom is -0.381 e. The van der Waals surface area contributed by atoms with Crippen molar-refractivity contribution in [2.45, 2.75) is 38.0 Å². The van der Waals surface area contributed by atoms with E-state index in [9.17, 15) is 22.4 Å². The van der Waals surface area contributed by atoms with Gasteiger partial charge in [0.15, 0.2) is 0 Å². The average Bonchev–Trinajstić information content (AvgIpc) is 3.30. The molecule has 2 aliphatic rings. The Hall–Kier alpha value is -1.67. The number of hydrogen-bond acceptors (Lipinski definition) is 3. The normalized spacial score (nSPS) is 20.6. The third kappa shape index (κ3) is 5.17. The van der Waals surface area contributed by atoms with E-state index in [2.05, 4.69) is 10.2 Å². The highest BCUT2D eigenvalue weighted by Crippen LogP contribution is 2.32. The molecule has 1 saturated heterocycles. The van der Waals surface area contributed by atoms with Crippen LogP contribution in [-0.4, -0.2) is 43.2 Å². The van der Waals surface area contributed by atoms with Gasteiger partial charge >= 0.3 is 6.18 Å². The fourth-order valence-corrected chi connectivity index (χ4v) is 3.24. The van der Waals surface area contributed by atoms with Crippen molar-refractivity contribution in [2.24, 2.45) is 5.92 Å². The van der Waals surface area contributed by atoms with Gasteiger partial charge in [0.1, 0.15) is 5.82 Å². The van der Waals surface area contributed by atoms with E-state index in [-0.39, 0.29) is 24.6 Å². The zero-order valence-electron chi connectivity index (χ0n) is 14.3. The van der Waals surface area contributed by atoms with Gasteiger partial charge in [-0.15, -0.1) is 0 Å². The van der Waals surface area contributed by atoms with E-state index in [0.717, 1.165) is 44.5 Å². The number of nitrogens with zero attached hydrogens (tertiary/aromatic N) is 1. The molecular weight excluding hydrogens is 352 g/mol. The van der Waals surface area contributed by atoms with Crippen molar-refractivity contribution in [3.8, 4) is 0 Å². The molecule has 144 valence electrons. The van der Waals surface area contributed by atoms with E-state index in [1.165, 1.54) is 0 Å². The Labute approximate surface area is 149 Å².